The van der Waals surface area contributed by atoms with Crippen molar-refractivity contribution in [3.05, 3.63) is 23.3 Å². The standard InChI is InChI=1S/C17H25N3O5/c1-5-7-13(19-20-17(18)22)12-10-15(24-4)14(23-3)8-11(12)9-16(21)25-6-2/h8,10H,5-7,9H2,1-4H3,(H3,18,20,22)/b19-13+. The lowest BCUT2D eigenvalue weighted by molar-refractivity contribution is -0.142. The van der Waals surface area contributed by atoms with Crippen LogP contribution < -0.4 is 20.6 Å². The minimum Gasteiger partial charge on any atom is -0.493 e. The van der Waals surface area contributed by atoms with Crippen LogP contribution in [0.1, 0.15) is 37.8 Å². The molecule has 0 atom stereocenters. The number of rotatable bonds is 9. The molecule has 1 aromatic carbocycles. The number of benzene rings is 1. The summed E-state index contributed by atoms with van der Waals surface area (Å²) in [7, 11) is 3.03. The van der Waals surface area contributed by atoms with Gasteiger partial charge in [0.2, 0.25) is 0 Å². The predicted molar refractivity (Wildman–Crippen MR) is 94.0 cm³/mol. The molecule has 1 rings (SSSR count). The molecule has 8 heteroatoms. The lowest BCUT2D eigenvalue weighted by Crippen LogP contribution is -2.26. The number of carbonyl (C=O) groups is 2. The van der Waals surface area contributed by atoms with Crippen LogP contribution in [0, 0.1) is 0 Å². The first-order valence-corrected chi connectivity index (χ1v) is 7.99. The largest absolute Gasteiger partial charge is 0.493 e. The number of ether oxygens (including phenoxy) is 3. The molecule has 0 aliphatic heterocycles. The van der Waals surface area contributed by atoms with Crippen LogP contribution in [0.3, 0.4) is 0 Å². The first kappa shape index (κ1) is 20.3. The van der Waals surface area contributed by atoms with Crippen molar-refractivity contribution in [2.75, 3.05) is 20.8 Å². The van der Waals surface area contributed by atoms with Crippen LogP contribution >= 0.6 is 0 Å². The van der Waals surface area contributed by atoms with Crippen LogP contribution in [0.5, 0.6) is 11.5 Å². The van der Waals surface area contributed by atoms with Gasteiger partial charge in [-0.15, -0.1) is 0 Å². The molecule has 0 saturated carbocycles. The Morgan fingerprint density at radius 1 is 1.16 bits per heavy atom. The van der Waals surface area contributed by atoms with E-state index in [2.05, 4.69) is 10.5 Å². The lowest BCUT2D eigenvalue weighted by Gasteiger charge is -2.16. The second-order valence-electron chi connectivity index (χ2n) is 5.13. The van der Waals surface area contributed by atoms with E-state index in [4.69, 9.17) is 19.9 Å². The molecule has 0 fully saturated rings. The molecule has 1 aromatic rings. The average Bonchev–Trinajstić information content (AvgIpc) is 2.58. The van der Waals surface area contributed by atoms with Gasteiger partial charge in [-0.25, -0.2) is 10.2 Å². The number of carbonyl (C=O) groups excluding carboxylic acids is 2. The molecular formula is C17H25N3O5. The molecule has 0 bridgehead atoms. The Balaban J connectivity index is 3.42. The van der Waals surface area contributed by atoms with E-state index in [1.54, 1.807) is 19.1 Å². The van der Waals surface area contributed by atoms with Crippen LogP contribution in [0.4, 0.5) is 4.79 Å². The third-order valence-corrected chi connectivity index (χ3v) is 3.35. The maximum absolute atomic E-state index is 11.9. The zero-order valence-electron chi connectivity index (χ0n) is 15.0. The quantitative estimate of drug-likeness (QED) is 0.401. The summed E-state index contributed by atoms with van der Waals surface area (Å²) in [5, 5.41) is 4.07. The first-order valence-electron chi connectivity index (χ1n) is 7.99. The number of nitrogens with zero attached hydrogens (tertiary/aromatic N) is 1. The second kappa shape index (κ2) is 10.2. The van der Waals surface area contributed by atoms with Crippen molar-refractivity contribution in [1.29, 1.82) is 0 Å². The average molecular weight is 351 g/mol. The van der Waals surface area contributed by atoms with Gasteiger partial charge in [-0.3, -0.25) is 4.79 Å². The molecule has 0 aliphatic carbocycles. The van der Waals surface area contributed by atoms with E-state index in [1.165, 1.54) is 14.2 Å². The number of hydrazone groups is 1. The Kier molecular flexibility index (Phi) is 8.25. The maximum Gasteiger partial charge on any atom is 0.332 e. The number of nitrogens with two attached hydrogens (primary N) is 1. The monoisotopic (exact) mass is 351 g/mol. The molecule has 25 heavy (non-hydrogen) atoms. The number of esters is 1. The van der Waals surface area contributed by atoms with Gasteiger partial charge in [-0.05, 0) is 31.0 Å². The highest BCUT2D eigenvalue weighted by Crippen LogP contribution is 2.32. The third kappa shape index (κ3) is 5.98. The molecule has 0 aliphatic rings. The Bertz CT molecular complexity index is 643. The van der Waals surface area contributed by atoms with E-state index in [-0.39, 0.29) is 12.4 Å². The van der Waals surface area contributed by atoms with Gasteiger partial charge in [0, 0.05) is 5.56 Å². The molecule has 0 saturated heterocycles. The summed E-state index contributed by atoms with van der Waals surface area (Å²) < 4.78 is 15.7. The number of methoxy groups -OCH3 is 2. The number of hydrogen-bond donors (Lipinski definition) is 2. The summed E-state index contributed by atoms with van der Waals surface area (Å²) in [6.07, 6.45) is 1.40. The number of hydrogen-bond acceptors (Lipinski definition) is 6. The van der Waals surface area contributed by atoms with Crippen LogP contribution in [0.15, 0.2) is 17.2 Å². The van der Waals surface area contributed by atoms with Crippen molar-refractivity contribution in [3.8, 4) is 11.5 Å². The van der Waals surface area contributed by atoms with Crippen molar-refractivity contribution >= 4 is 17.7 Å². The van der Waals surface area contributed by atoms with Gasteiger partial charge in [0.05, 0.1) is 33.0 Å². The van der Waals surface area contributed by atoms with Gasteiger partial charge < -0.3 is 19.9 Å². The van der Waals surface area contributed by atoms with Gasteiger partial charge >= 0.3 is 12.0 Å². The summed E-state index contributed by atoms with van der Waals surface area (Å²) in [6, 6.07) is 2.67. The lowest BCUT2D eigenvalue weighted by atomic mass is 9.97. The minimum atomic E-state index is -0.763. The number of nitrogens with one attached hydrogen (secondary N) is 1. The van der Waals surface area contributed by atoms with Crippen molar-refractivity contribution in [3.63, 3.8) is 0 Å². The molecule has 0 aromatic heterocycles. The highest BCUT2D eigenvalue weighted by molar-refractivity contribution is 6.03. The Morgan fingerprint density at radius 3 is 2.32 bits per heavy atom. The predicted octanol–water partition coefficient (Wildman–Crippen LogP) is 1.98. The van der Waals surface area contributed by atoms with E-state index in [1.807, 2.05) is 6.92 Å². The van der Waals surface area contributed by atoms with Gasteiger partial charge in [-0.1, -0.05) is 13.3 Å². The first-order chi connectivity index (χ1) is 12.0. The van der Waals surface area contributed by atoms with Crippen molar-refractivity contribution < 1.29 is 23.8 Å². The molecule has 0 heterocycles. The van der Waals surface area contributed by atoms with Crippen molar-refractivity contribution in [1.82, 2.24) is 5.43 Å². The van der Waals surface area contributed by atoms with Gasteiger partial charge in [0.25, 0.3) is 0 Å². The maximum atomic E-state index is 11.9. The van der Waals surface area contributed by atoms with Gasteiger partial charge in [-0.2, -0.15) is 5.10 Å². The van der Waals surface area contributed by atoms with Gasteiger partial charge in [0.15, 0.2) is 11.5 Å². The number of primary amides is 1. The van der Waals surface area contributed by atoms with Crippen LogP contribution in [-0.4, -0.2) is 38.5 Å². The second-order valence-corrected chi connectivity index (χ2v) is 5.13. The summed E-state index contributed by atoms with van der Waals surface area (Å²) in [5.74, 6) is 0.618. The fourth-order valence-corrected chi connectivity index (χ4v) is 2.31. The van der Waals surface area contributed by atoms with Crippen molar-refractivity contribution in [2.45, 2.75) is 33.1 Å². The van der Waals surface area contributed by atoms with E-state index >= 15 is 0 Å². The molecule has 2 amide bonds. The molecule has 138 valence electrons. The van der Waals surface area contributed by atoms with Crippen molar-refractivity contribution in [2.24, 2.45) is 10.8 Å². The van der Waals surface area contributed by atoms with Crippen LogP contribution in [0.25, 0.3) is 0 Å². The fraction of sp³-hybridized carbons (Fsp3) is 0.471. The molecule has 8 nitrogen and oxygen atoms in total. The Morgan fingerprint density at radius 2 is 1.80 bits per heavy atom. The summed E-state index contributed by atoms with van der Waals surface area (Å²) in [4.78, 5) is 22.9. The highest BCUT2D eigenvalue weighted by Gasteiger charge is 2.18. The zero-order chi connectivity index (χ0) is 18.8. The van der Waals surface area contributed by atoms with E-state index in [9.17, 15) is 9.59 Å². The van der Waals surface area contributed by atoms with E-state index in [0.29, 0.717) is 41.4 Å². The van der Waals surface area contributed by atoms with E-state index < -0.39 is 6.03 Å². The number of amides is 2. The van der Waals surface area contributed by atoms with E-state index in [0.717, 1.165) is 6.42 Å². The summed E-state index contributed by atoms with van der Waals surface area (Å²) >= 11 is 0. The Hall–Kier alpha value is -2.77. The molecule has 3 N–H and O–H groups in total. The summed E-state index contributed by atoms with van der Waals surface area (Å²) in [6.45, 7) is 4.01. The molecule has 0 spiro atoms. The van der Waals surface area contributed by atoms with Gasteiger partial charge in [0.1, 0.15) is 0 Å². The normalized spacial score (nSPS) is 11.0. The minimum absolute atomic E-state index is 0.0445. The topological polar surface area (TPSA) is 112 Å². The van der Waals surface area contributed by atoms with Crippen LogP contribution in [-0.2, 0) is 16.0 Å². The zero-order valence-corrected chi connectivity index (χ0v) is 15.0. The Labute approximate surface area is 147 Å². The molecular weight excluding hydrogens is 326 g/mol. The smallest absolute Gasteiger partial charge is 0.332 e. The van der Waals surface area contributed by atoms with Crippen LogP contribution in [0.2, 0.25) is 0 Å². The summed E-state index contributed by atoms with van der Waals surface area (Å²) in [5.41, 5.74) is 9.25. The SMILES string of the molecule is CCC/C(=N\NC(N)=O)c1cc(OC)c(OC)cc1CC(=O)OCC. The highest BCUT2D eigenvalue weighted by atomic mass is 16.5. The molecule has 0 unspecified atom stereocenters. The molecule has 0 radical (unpaired) electrons. The number of urea groups is 1. The third-order valence-electron chi connectivity index (χ3n) is 3.35. The fourth-order valence-electron chi connectivity index (χ4n) is 2.31.